The maximum Gasteiger partial charge on any atom is 0.191 e. The first-order valence-corrected chi connectivity index (χ1v) is 8.96. The van der Waals surface area contributed by atoms with Gasteiger partial charge in [-0.25, -0.2) is 13.8 Å². The lowest BCUT2D eigenvalue weighted by atomic mass is 10.2. The van der Waals surface area contributed by atoms with Gasteiger partial charge >= 0.3 is 0 Å². The standard InChI is InChI=1S/C17H21F2N5S.HI/c1-11-8-21-15(25-11)9-22-17(20-2)23-12-6-7-24(10-12)16-13(18)4-3-5-14(16)19;/h3-5,8,12H,6-7,9-10H2,1-2H3,(H2,20,22,23);1H. The molecule has 0 radical (unpaired) electrons. The maximum atomic E-state index is 13.9. The molecule has 0 amide bonds. The zero-order valence-corrected chi connectivity index (χ0v) is 17.8. The van der Waals surface area contributed by atoms with Crippen molar-refractivity contribution in [2.24, 2.45) is 4.99 Å². The van der Waals surface area contributed by atoms with E-state index in [9.17, 15) is 8.78 Å². The first kappa shape index (κ1) is 20.8. The van der Waals surface area contributed by atoms with Crippen molar-refractivity contribution in [1.82, 2.24) is 15.6 Å². The highest BCUT2D eigenvalue weighted by Gasteiger charge is 2.27. The van der Waals surface area contributed by atoms with E-state index in [1.54, 1.807) is 23.3 Å². The van der Waals surface area contributed by atoms with E-state index in [-0.39, 0.29) is 35.7 Å². The van der Waals surface area contributed by atoms with Crippen LogP contribution in [-0.2, 0) is 6.54 Å². The van der Waals surface area contributed by atoms with Crippen molar-refractivity contribution < 1.29 is 8.78 Å². The van der Waals surface area contributed by atoms with Crippen molar-refractivity contribution in [2.75, 3.05) is 25.0 Å². The van der Waals surface area contributed by atoms with E-state index in [1.807, 2.05) is 13.1 Å². The number of guanidine groups is 1. The number of anilines is 1. The second-order valence-corrected chi connectivity index (χ2v) is 7.26. The van der Waals surface area contributed by atoms with E-state index < -0.39 is 11.6 Å². The van der Waals surface area contributed by atoms with E-state index in [1.165, 1.54) is 18.2 Å². The topological polar surface area (TPSA) is 52.6 Å². The minimum atomic E-state index is -0.526. The van der Waals surface area contributed by atoms with Crippen LogP contribution in [-0.4, -0.2) is 37.1 Å². The van der Waals surface area contributed by atoms with E-state index in [4.69, 9.17) is 0 Å². The molecule has 1 fully saturated rings. The van der Waals surface area contributed by atoms with Crippen LogP contribution < -0.4 is 15.5 Å². The molecule has 1 saturated heterocycles. The number of aromatic nitrogens is 1. The molecule has 0 saturated carbocycles. The second kappa shape index (κ2) is 9.45. The number of halogens is 3. The summed E-state index contributed by atoms with van der Waals surface area (Å²) in [5.74, 6) is -0.390. The Labute approximate surface area is 172 Å². The SMILES string of the molecule is CN=C(NCc1ncc(C)s1)NC1CCN(c2c(F)cccc2F)C1.I. The fourth-order valence-electron chi connectivity index (χ4n) is 2.90. The quantitative estimate of drug-likeness (QED) is 0.390. The summed E-state index contributed by atoms with van der Waals surface area (Å²) in [5.41, 5.74) is 0.0491. The van der Waals surface area contributed by atoms with Gasteiger partial charge in [-0.1, -0.05) is 6.07 Å². The average molecular weight is 493 g/mol. The van der Waals surface area contributed by atoms with Crippen molar-refractivity contribution in [3.05, 3.63) is 45.9 Å². The molecule has 2 heterocycles. The van der Waals surface area contributed by atoms with Gasteiger partial charge in [-0.05, 0) is 25.5 Å². The normalized spacial score (nSPS) is 17.2. The van der Waals surface area contributed by atoms with Gasteiger partial charge in [-0.2, -0.15) is 0 Å². The lowest BCUT2D eigenvalue weighted by Gasteiger charge is -2.21. The van der Waals surface area contributed by atoms with Crippen molar-refractivity contribution in [2.45, 2.75) is 25.9 Å². The molecule has 3 rings (SSSR count). The Hall–Kier alpha value is -1.49. The van der Waals surface area contributed by atoms with E-state index in [0.717, 1.165) is 16.3 Å². The van der Waals surface area contributed by atoms with Crippen molar-refractivity contribution >= 4 is 47.0 Å². The molecule has 1 atom stereocenters. The largest absolute Gasteiger partial charge is 0.365 e. The number of nitrogens with one attached hydrogen (secondary N) is 2. The summed E-state index contributed by atoms with van der Waals surface area (Å²) in [6, 6.07) is 4.03. The summed E-state index contributed by atoms with van der Waals surface area (Å²) in [7, 11) is 1.70. The van der Waals surface area contributed by atoms with Crippen LogP contribution in [0.2, 0.25) is 0 Å². The average Bonchev–Trinajstić information content (AvgIpc) is 3.20. The van der Waals surface area contributed by atoms with Gasteiger partial charge in [0.25, 0.3) is 0 Å². The van der Waals surface area contributed by atoms with Gasteiger partial charge in [0, 0.05) is 37.3 Å². The van der Waals surface area contributed by atoms with Gasteiger partial charge in [0.1, 0.15) is 22.3 Å². The minimum Gasteiger partial charge on any atom is -0.365 e. The number of nitrogens with zero attached hydrogens (tertiary/aromatic N) is 3. The predicted octanol–water partition coefficient (Wildman–Crippen LogP) is 3.29. The molecular weight excluding hydrogens is 471 g/mol. The number of aliphatic imine (C=N–C) groups is 1. The van der Waals surface area contributed by atoms with Gasteiger partial charge in [0.05, 0.1) is 6.54 Å². The van der Waals surface area contributed by atoms with Crippen LogP contribution in [0.4, 0.5) is 14.5 Å². The zero-order valence-electron chi connectivity index (χ0n) is 14.6. The summed E-state index contributed by atoms with van der Waals surface area (Å²) in [4.78, 5) is 11.4. The molecule has 26 heavy (non-hydrogen) atoms. The molecule has 1 unspecified atom stereocenters. The first-order chi connectivity index (χ1) is 12.1. The Bertz CT molecular complexity index is 747. The fraction of sp³-hybridized carbons (Fsp3) is 0.412. The highest BCUT2D eigenvalue weighted by molar-refractivity contribution is 14.0. The highest BCUT2D eigenvalue weighted by atomic mass is 127. The third kappa shape index (κ3) is 5.03. The van der Waals surface area contributed by atoms with Crippen LogP contribution in [0.25, 0.3) is 0 Å². The molecule has 0 aliphatic carbocycles. The summed E-state index contributed by atoms with van der Waals surface area (Å²) in [6.07, 6.45) is 2.63. The van der Waals surface area contributed by atoms with E-state index in [0.29, 0.717) is 25.6 Å². The van der Waals surface area contributed by atoms with E-state index >= 15 is 0 Å². The second-order valence-electron chi connectivity index (χ2n) is 5.94. The molecule has 5 nitrogen and oxygen atoms in total. The van der Waals surface area contributed by atoms with Crippen molar-refractivity contribution in [3.63, 3.8) is 0 Å². The highest BCUT2D eigenvalue weighted by Crippen LogP contribution is 2.26. The third-order valence-corrected chi connectivity index (χ3v) is 5.00. The van der Waals surface area contributed by atoms with Crippen LogP contribution in [0.15, 0.2) is 29.4 Å². The molecule has 1 aliphatic rings. The molecule has 0 bridgehead atoms. The van der Waals surface area contributed by atoms with Gasteiger partial charge in [0.2, 0.25) is 0 Å². The fourth-order valence-corrected chi connectivity index (χ4v) is 3.63. The number of para-hydroxylation sites is 1. The van der Waals surface area contributed by atoms with Crippen LogP contribution in [0, 0.1) is 18.6 Å². The number of thiazole rings is 1. The van der Waals surface area contributed by atoms with Gasteiger partial charge in [-0.3, -0.25) is 4.99 Å². The molecule has 1 aromatic carbocycles. The Morgan fingerprint density at radius 3 is 2.73 bits per heavy atom. The van der Waals surface area contributed by atoms with E-state index in [2.05, 4.69) is 20.6 Å². The Kier molecular flexibility index (Phi) is 7.56. The Balaban J connectivity index is 0.00000243. The number of aryl methyl sites for hydroxylation is 1. The van der Waals surface area contributed by atoms with Crippen molar-refractivity contribution in [3.8, 4) is 0 Å². The number of benzene rings is 1. The molecule has 0 spiro atoms. The molecule has 2 N–H and O–H groups in total. The number of hydrogen-bond donors (Lipinski definition) is 2. The summed E-state index contributed by atoms with van der Waals surface area (Å²) >= 11 is 1.64. The zero-order chi connectivity index (χ0) is 17.8. The smallest absolute Gasteiger partial charge is 0.191 e. The molecule has 1 aromatic heterocycles. The van der Waals surface area contributed by atoms with Crippen LogP contribution in [0.1, 0.15) is 16.3 Å². The van der Waals surface area contributed by atoms with Crippen molar-refractivity contribution in [1.29, 1.82) is 0 Å². The van der Waals surface area contributed by atoms with Gasteiger partial charge in [-0.15, -0.1) is 35.3 Å². The maximum absolute atomic E-state index is 13.9. The first-order valence-electron chi connectivity index (χ1n) is 8.14. The third-order valence-electron chi connectivity index (χ3n) is 4.08. The minimum absolute atomic E-state index is 0. The lowest BCUT2D eigenvalue weighted by Crippen LogP contribution is -2.44. The predicted molar refractivity (Wildman–Crippen MR) is 113 cm³/mol. The monoisotopic (exact) mass is 493 g/mol. The molecule has 2 aromatic rings. The Morgan fingerprint density at radius 2 is 2.12 bits per heavy atom. The van der Waals surface area contributed by atoms with Gasteiger partial charge < -0.3 is 15.5 Å². The summed E-state index contributed by atoms with van der Waals surface area (Å²) in [5, 5.41) is 7.52. The molecule has 9 heteroatoms. The van der Waals surface area contributed by atoms with Crippen LogP contribution >= 0.6 is 35.3 Å². The number of hydrogen-bond acceptors (Lipinski definition) is 4. The molecule has 1 aliphatic heterocycles. The van der Waals surface area contributed by atoms with Crippen LogP contribution in [0.5, 0.6) is 0 Å². The molecular formula is C17H22F2IN5S. The summed E-state index contributed by atoms with van der Waals surface area (Å²) < 4.78 is 27.8. The number of rotatable bonds is 4. The Morgan fingerprint density at radius 1 is 1.38 bits per heavy atom. The molecule has 142 valence electrons. The summed E-state index contributed by atoms with van der Waals surface area (Å²) in [6.45, 7) is 3.73. The lowest BCUT2D eigenvalue weighted by molar-refractivity contribution is 0.576. The van der Waals surface area contributed by atoms with Crippen LogP contribution in [0.3, 0.4) is 0 Å². The van der Waals surface area contributed by atoms with Gasteiger partial charge in [0.15, 0.2) is 5.96 Å².